The minimum atomic E-state index is -0.680. The van der Waals surface area contributed by atoms with Gasteiger partial charge in [-0.05, 0) is 6.42 Å². The predicted octanol–water partition coefficient (Wildman–Crippen LogP) is 0.545. The van der Waals surface area contributed by atoms with E-state index in [4.69, 9.17) is 9.47 Å². The normalized spacial score (nSPS) is 22.8. The van der Waals surface area contributed by atoms with Gasteiger partial charge in [-0.25, -0.2) is 0 Å². The Kier molecular flexibility index (Phi) is 3.89. The molecule has 0 radical (unpaired) electrons. The lowest BCUT2D eigenvalue weighted by atomic mass is 10.0. The highest BCUT2D eigenvalue weighted by molar-refractivity contribution is 5.99. The van der Waals surface area contributed by atoms with Gasteiger partial charge in [-0.15, -0.1) is 0 Å². The van der Waals surface area contributed by atoms with Crippen LogP contribution in [0.1, 0.15) is 19.8 Å². The van der Waals surface area contributed by atoms with Gasteiger partial charge in [0.2, 0.25) is 0 Å². The highest BCUT2D eigenvalue weighted by Gasteiger charge is 2.30. The Bertz CT molecular complexity index is 200. The van der Waals surface area contributed by atoms with Crippen LogP contribution in [-0.4, -0.2) is 31.6 Å². The van der Waals surface area contributed by atoms with Crippen molar-refractivity contribution in [2.75, 3.05) is 19.8 Å². The van der Waals surface area contributed by atoms with E-state index in [1.807, 2.05) is 6.92 Å². The summed E-state index contributed by atoms with van der Waals surface area (Å²) in [6.07, 6.45) is 1.10. The average molecular weight is 186 g/mol. The third kappa shape index (κ3) is 2.81. The van der Waals surface area contributed by atoms with Gasteiger partial charge in [-0.1, -0.05) is 6.92 Å². The van der Waals surface area contributed by atoms with Crippen molar-refractivity contribution in [1.82, 2.24) is 0 Å². The Morgan fingerprint density at radius 3 is 3.08 bits per heavy atom. The van der Waals surface area contributed by atoms with Gasteiger partial charge >= 0.3 is 5.97 Å². The van der Waals surface area contributed by atoms with Gasteiger partial charge in [0.25, 0.3) is 0 Å². The maximum Gasteiger partial charge on any atom is 0.318 e. The van der Waals surface area contributed by atoms with Crippen LogP contribution < -0.4 is 0 Å². The Hall–Kier alpha value is -0.900. The lowest BCUT2D eigenvalue weighted by molar-refractivity contribution is -0.157. The third-order valence-electron chi connectivity index (χ3n) is 1.90. The number of hydrogen-bond donors (Lipinski definition) is 0. The van der Waals surface area contributed by atoms with Gasteiger partial charge in [0.15, 0.2) is 5.78 Å². The molecule has 0 N–H and O–H groups in total. The maximum absolute atomic E-state index is 11.2. The molecule has 0 bridgehead atoms. The zero-order valence-electron chi connectivity index (χ0n) is 7.75. The standard InChI is InChI=1S/C9H14O4/c1-2-4-13-9(11)7-6-12-5-3-8(7)10/h7H,2-6H2,1H3. The minimum Gasteiger partial charge on any atom is -0.465 e. The first-order chi connectivity index (χ1) is 6.25. The van der Waals surface area contributed by atoms with Crippen LogP contribution in [-0.2, 0) is 19.1 Å². The largest absolute Gasteiger partial charge is 0.465 e. The van der Waals surface area contributed by atoms with Gasteiger partial charge < -0.3 is 9.47 Å². The molecule has 1 fully saturated rings. The molecular formula is C9H14O4. The summed E-state index contributed by atoms with van der Waals surface area (Å²) in [5.41, 5.74) is 0. The van der Waals surface area contributed by atoms with Crippen LogP contribution in [0, 0.1) is 5.92 Å². The van der Waals surface area contributed by atoms with E-state index in [1.54, 1.807) is 0 Å². The fraction of sp³-hybridized carbons (Fsp3) is 0.778. The molecule has 13 heavy (non-hydrogen) atoms. The second-order valence-electron chi connectivity index (χ2n) is 3.01. The van der Waals surface area contributed by atoms with Crippen molar-refractivity contribution >= 4 is 11.8 Å². The number of rotatable bonds is 3. The van der Waals surface area contributed by atoms with Crippen LogP contribution in [0.15, 0.2) is 0 Å². The highest BCUT2D eigenvalue weighted by atomic mass is 16.5. The molecule has 1 aliphatic rings. The van der Waals surface area contributed by atoms with Crippen molar-refractivity contribution in [1.29, 1.82) is 0 Å². The molecule has 4 heteroatoms. The van der Waals surface area contributed by atoms with Gasteiger partial charge in [0.1, 0.15) is 5.92 Å². The Morgan fingerprint density at radius 2 is 2.46 bits per heavy atom. The van der Waals surface area contributed by atoms with Crippen LogP contribution in [0.3, 0.4) is 0 Å². The summed E-state index contributed by atoms with van der Waals surface area (Å²) in [4.78, 5) is 22.5. The third-order valence-corrected chi connectivity index (χ3v) is 1.90. The van der Waals surface area contributed by atoms with Crippen LogP contribution in [0.4, 0.5) is 0 Å². The lowest BCUT2D eigenvalue weighted by Crippen LogP contribution is -2.35. The zero-order chi connectivity index (χ0) is 9.68. The second kappa shape index (κ2) is 4.97. The first kappa shape index (κ1) is 10.2. The van der Waals surface area contributed by atoms with E-state index < -0.39 is 11.9 Å². The van der Waals surface area contributed by atoms with Crippen LogP contribution in [0.2, 0.25) is 0 Å². The van der Waals surface area contributed by atoms with Crippen molar-refractivity contribution < 1.29 is 19.1 Å². The highest BCUT2D eigenvalue weighted by Crippen LogP contribution is 2.11. The molecule has 0 aromatic heterocycles. The smallest absolute Gasteiger partial charge is 0.318 e. The summed E-state index contributed by atoms with van der Waals surface area (Å²) in [6, 6.07) is 0. The SMILES string of the molecule is CCCOC(=O)C1COCCC1=O. The molecule has 0 spiro atoms. The van der Waals surface area contributed by atoms with E-state index >= 15 is 0 Å². The molecule has 1 rings (SSSR count). The first-order valence-electron chi connectivity index (χ1n) is 4.52. The molecule has 1 unspecified atom stereocenters. The van der Waals surface area contributed by atoms with Crippen molar-refractivity contribution in [2.24, 2.45) is 5.92 Å². The summed E-state index contributed by atoms with van der Waals surface area (Å²) in [5.74, 6) is -1.18. The summed E-state index contributed by atoms with van der Waals surface area (Å²) >= 11 is 0. The van der Waals surface area contributed by atoms with E-state index in [1.165, 1.54) is 0 Å². The molecule has 1 saturated heterocycles. The topological polar surface area (TPSA) is 52.6 Å². The lowest BCUT2D eigenvalue weighted by Gasteiger charge is -2.19. The quantitative estimate of drug-likeness (QED) is 0.477. The first-order valence-corrected chi connectivity index (χ1v) is 4.52. The van der Waals surface area contributed by atoms with Gasteiger partial charge in [-0.3, -0.25) is 9.59 Å². The molecule has 1 atom stereocenters. The summed E-state index contributed by atoms with van der Waals surface area (Å²) in [6.45, 7) is 2.90. The van der Waals surface area contributed by atoms with E-state index in [0.29, 0.717) is 19.6 Å². The van der Waals surface area contributed by atoms with Gasteiger partial charge in [0.05, 0.1) is 19.8 Å². The molecular weight excluding hydrogens is 172 g/mol. The van der Waals surface area contributed by atoms with Crippen molar-refractivity contribution in [2.45, 2.75) is 19.8 Å². The molecule has 0 aromatic carbocycles. The number of hydrogen-bond acceptors (Lipinski definition) is 4. The number of esters is 1. The van der Waals surface area contributed by atoms with Crippen LogP contribution >= 0.6 is 0 Å². The fourth-order valence-electron chi connectivity index (χ4n) is 1.14. The number of ketones is 1. The maximum atomic E-state index is 11.2. The number of carbonyl (C=O) groups excluding carboxylic acids is 2. The molecule has 0 amide bonds. The number of Topliss-reactive ketones (excluding diaryl/α,β-unsaturated/α-hetero) is 1. The Balaban J connectivity index is 2.39. The molecule has 74 valence electrons. The van der Waals surface area contributed by atoms with Gasteiger partial charge in [0, 0.05) is 6.42 Å². The summed E-state index contributed by atoms with van der Waals surface area (Å²) < 4.78 is 9.89. The van der Waals surface area contributed by atoms with Crippen molar-refractivity contribution in [3.05, 3.63) is 0 Å². The van der Waals surface area contributed by atoms with E-state index in [0.717, 1.165) is 6.42 Å². The number of carbonyl (C=O) groups is 2. The summed E-state index contributed by atoms with van der Waals surface area (Å²) in [5, 5.41) is 0. The summed E-state index contributed by atoms with van der Waals surface area (Å²) in [7, 11) is 0. The fourth-order valence-corrected chi connectivity index (χ4v) is 1.14. The van der Waals surface area contributed by atoms with E-state index in [9.17, 15) is 9.59 Å². The average Bonchev–Trinajstić information content (AvgIpc) is 2.15. The zero-order valence-corrected chi connectivity index (χ0v) is 7.75. The Morgan fingerprint density at radius 1 is 1.69 bits per heavy atom. The number of ether oxygens (including phenoxy) is 2. The van der Waals surface area contributed by atoms with Crippen LogP contribution in [0.5, 0.6) is 0 Å². The van der Waals surface area contributed by atoms with Gasteiger partial charge in [-0.2, -0.15) is 0 Å². The Labute approximate surface area is 77.2 Å². The molecule has 0 saturated carbocycles. The second-order valence-corrected chi connectivity index (χ2v) is 3.01. The monoisotopic (exact) mass is 186 g/mol. The van der Waals surface area contributed by atoms with Crippen LogP contribution in [0.25, 0.3) is 0 Å². The van der Waals surface area contributed by atoms with Crippen molar-refractivity contribution in [3.63, 3.8) is 0 Å². The molecule has 1 heterocycles. The minimum absolute atomic E-state index is 0.0626. The van der Waals surface area contributed by atoms with E-state index in [-0.39, 0.29) is 12.4 Å². The molecule has 0 aliphatic carbocycles. The van der Waals surface area contributed by atoms with Crippen molar-refractivity contribution in [3.8, 4) is 0 Å². The van der Waals surface area contributed by atoms with E-state index in [2.05, 4.69) is 0 Å². The molecule has 1 aliphatic heterocycles. The predicted molar refractivity (Wildman–Crippen MR) is 45.2 cm³/mol. The molecule has 4 nitrogen and oxygen atoms in total. The molecule has 0 aromatic rings.